The largest absolute Gasteiger partial charge is 0.490 e. The number of hydrogen-bond acceptors (Lipinski definition) is 5. The molecule has 146 valence electrons. The number of amides is 1. The maximum atomic E-state index is 12.8. The monoisotopic (exact) mass is 460 g/mol. The van der Waals surface area contributed by atoms with Crippen LogP contribution in [-0.2, 0) is 13.2 Å². The Hall–Kier alpha value is -2.38. The molecular formula is C21H21BrN2O3S. The fourth-order valence-electron chi connectivity index (χ4n) is 2.63. The number of pyridine rings is 1. The summed E-state index contributed by atoms with van der Waals surface area (Å²) in [6.07, 6.45) is 3.46. The number of hydrogen-bond donors (Lipinski definition) is 0. The number of nitrogens with zero attached hydrogens (tertiary/aromatic N) is 2. The molecule has 5 nitrogen and oxygen atoms in total. The number of ether oxygens (including phenoxy) is 2. The third-order valence-corrected chi connectivity index (χ3v) is 5.68. The minimum atomic E-state index is -0.0637. The Morgan fingerprint density at radius 3 is 2.61 bits per heavy atom. The number of carbonyl (C=O) groups is 1. The van der Waals surface area contributed by atoms with Crippen LogP contribution in [0.15, 0.2) is 58.6 Å². The topological polar surface area (TPSA) is 51.7 Å². The molecule has 0 spiro atoms. The van der Waals surface area contributed by atoms with Crippen LogP contribution in [0.25, 0.3) is 0 Å². The van der Waals surface area contributed by atoms with Gasteiger partial charge in [0.1, 0.15) is 6.61 Å². The van der Waals surface area contributed by atoms with E-state index in [2.05, 4.69) is 20.9 Å². The Bertz CT molecular complexity index is 930. The van der Waals surface area contributed by atoms with Crippen LogP contribution < -0.4 is 9.47 Å². The summed E-state index contributed by atoms with van der Waals surface area (Å²) in [6.45, 7) is 3.35. The van der Waals surface area contributed by atoms with Crippen LogP contribution in [0.4, 0.5) is 0 Å². The first-order chi connectivity index (χ1) is 13.6. The average molecular weight is 461 g/mol. The first kappa shape index (κ1) is 20.4. The molecule has 1 aromatic carbocycles. The summed E-state index contributed by atoms with van der Waals surface area (Å²) in [7, 11) is 1.80. The highest BCUT2D eigenvalue weighted by Gasteiger charge is 2.16. The lowest BCUT2D eigenvalue weighted by atomic mass is 10.1. The molecule has 2 heterocycles. The van der Waals surface area contributed by atoms with Gasteiger partial charge in [0.15, 0.2) is 11.5 Å². The Kier molecular flexibility index (Phi) is 7.06. The highest BCUT2D eigenvalue weighted by atomic mass is 79.9. The van der Waals surface area contributed by atoms with E-state index in [9.17, 15) is 4.79 Å². The summed E-state index contributed by atoms with van der Waals surface area (Å²) in [6, 6.07) is 11.1. The zero-order chi connectivity index (χ0) is 19.9. The third-order valence-electron chi connectivity index (χ3n) is 4.00. The van der Waals surface area contributed by atoms with Crippen LogP contribution in [0.1, 0.15) is 27.7 Å². The number of thiophene rings is 1. The van der Waals surface area contributed by atoms with E-state index in [-0.39, 0.29) is 5.91 Å². The highest BCUT2D eigenvalue weighted by molar-refractivity contribution is 9.10. The van der Waals surface area contributed by atoms with Gasteiger partial charge in [0.25, 0.3) is 5.91 Å². The zero-order valence-electron chi connectivity index (χ0n) is 15.7. The summed E-state index contributed by atoms with van der Waals surface area (Å²) >= 11 is 5.06. The normalized spacial score (nSPS) is 10.5. The third kappa shape index (κ3) is 5.33. The van der Waals surface area contributed by atoms with Crippen LogP contribution in [0.5, 0.6) is 11.5 Å². The smallest absolute Gasteiger partial charge is 0.254 e. The van der Waals surface area contributed by atoms with E-state index < -0.39 is 0 Å². The van der Waals surface area contributed by atoms with Gasteiger partial charge in [-0.3, -0.25) is 9.78 Å². The Balaban J connectivity index is 1.72. The van der Waals surface area contributed by atoms with E-state index >= 15 is 0 Å². The maximum absolute atomic E-state index is 12.8. The summed E-state index contributed by atoms with van der Waals surface area (Å²) in [5.41, 5.74) is 1.58. The number of benzene rings is 1. The number of halogens is 1. The molecule has 0 aliphatic heterocycles. The predicted octanol–water partition coefficient (Wildman–Crippen LogP) is 5.16. The van der Waals surface area contributed by atoms with E-state index in [1.807, 2.05) is 30.5 Å². The van der Waals surface area contributed by atoms with Crippen molar-refractivity contribution < 1.29 is 14.3 Å². The molecular weight excluding hydrogens is 440 g/mol. The molecule has 0 aliphatic carbocycles. The van der Waals surface area contributed by atoms with Crippen molar-refractivity contribution in [2.45, 2.75) is 20.1 Å². The van der Waals surface area contributed by atoms with Gasteiger partial charge in [-0.25, -0.2) is 0 Å². The molecule has 2 aromatic heterocycles. The van der Waals surface area contributed by atoms with Gasteiger partial charge in [0.05, 0.1) is 13.2 Å². The SMILES string of the molecule is CCOc1cc(C(=O)N(C)Cc2cc(Br)cs2)ccc1OCc1ccncc1. The van der Waals surface area contributed by atoms with E-state index in [0.717, 1.165) is 14.9 Å². The predicted molar refractivity (Wildman–Crippen MR) is 114 cm³/mol. The average Bonchev–Trinajstić information content (AvgIpc) is 3.12. The van der Waals surface area contributed by atoms with Crippen molar-refractivity contribution in [3.8, 4) is 11.5 Å². The van der Waals surface area contributed by atoms with Gasteiger partial charge in [-0.2, -0.15) is 0 Å². The number of rotatable bonds is 8. The Morgan fingerprint density at radius 1 is 1.14 bits per heavy atom. The second-order valence-corrected chi connectivity index (χ2v) is 8.04. The van der Waals surface area contributed by atoms with Crippen LogP contribution in [0, 0.1) is 0 Å². The fourth-order valence-corrected chi connectivity index (χ4v) is 4.13. The van der Waals surface area contributed by atoms with Gasteiger partial charge in [0.2, 0.25) is 0 Å². The van der Waals surface area contributed by atoms with Crippen molar-refractivity contribution in [3.05, 3.63) is 74.6 Å². The van der Waals surface area contributed by atoms with Crippen molar-refractivity contribution in [2.75, 3.05) is 13.7 Å². The molecule has 0 radical (unpaired) electrons. The molecule has 0 N–H and O–H groups in total. The van der Waals surface area contributed by atoms with Gasteiger partial charge in [-0.15, -0.1) is 11.3 Å². The molecule has 0 saturated carbocycles. The molecule has 3 aromatic rings. The second kappa shape index (κ2) is 9.71. The van der Waals surface area contributed by atoms with Crippen LogP contribution >= 0.6 is 27.3 Å². The molecule has 7 heteroatoms. The minimum absolute atomic E-state index is 0.0637. The molecule has 3 rings (SSSR count). The van der Waals surface area contributed by atoms with E-state index in [0.29, 0.717) is 36.8 Å². The lowest BCUT2D eigenvalue weighted by Gasteiger charge is -2.18. The lowest BCUT2D eigenvalue weighted by molar-refractivity contribution is 0.0786. The second-order valence-electron chi connectivity index (χ2n) is 6.13. The van der Waals surface area contributed by atoms with Gasteiger partial charge in [0, 0.05) is 39.7 Å². The summed E-state index contributed by atoms with van der Waals surface area (Å²) in [5, 5.41) is 2.01. The molecule has 1 amide bonds. The molecule has 28 heavy (non-hydrogen) atoms. The van der Waals surface area contributed by atoms with Crippen molar-refractivity contribution in [1.29, 1.82) is 0 Å². The van der Waals surface area contributed by atoms with Crippen molar-refractivity contribution in [1.82, 2.24) is 9.88 Å². The van der Waals surface area contributed by atoms with Gasteiger partial charge in [-0.05, 0) is 64.8 Å². The fraction of sp³-hybridized carbons (Fsp3) is 0.238. The van der Waals surface area contributed by atoms with Crippen molar-refractivity contribution in [3.63, 3.8) is 0 Å². The quantitative estimate of drug-likeness (QED) is 0.465. The number of aromatic nitrogens is 1. The van der Waals surface area contributed by atoms with Crippen LogP contribution in [0.2, 0.25) is 0 Å². The Morgan fingerprint density at radius 2 is 1.93 bits per heavy atom. The molecule has 0 bridgehead atoms. The minimum Gasteiger partial charge on any atom is -0.490 e. The van der Waals surface area contributed by atoms with Crippen LogP contribution in [-0.4, -0.2) is 29.4 Å². The van der Waals surface area contributed by atoms with Gasteiger partial charge >= 0.3 is 0 Å². The van der Waals surface area contributed by atoms with Crippen molar-refractivity contribution >= 4 is 33.2 Å². The highest BCUT2D eigenvalue weighted by Crippen LogP contribution is 2.30. The summed E-state index contributed by atoms with van der Waals surface area (Å²) < 4.78 is 12.6. The van der Waals surface area contributed by atoms with E-state index in [4.69, 9.17) is 9.47 Å². The Labute approximate surface area is 177 Å². The lowest BCUT2D eigenvalue weighted by Crippen LogP contribution is -2.25. The molecule has 0 atom stereocenters. The summed E-state index contributed by atoms with van der Waals surface area (Å²) in [5.74, 6) is 1.11. The molecule has 0 unspecified atom stereocenters. The van der Waals surface area contributed by atoms with E-state index in [1.165, 1.54) is 0 Å². The van der Waals surface area contributed by atoms with E-state index in [1.54, 1.807) is 53.9 Å². The number of carbonyl (C=O) groups excluding carboxylic acids is 1. The first-order valence-electron chi connectivity index (χ1n) is 8.83. The van der Waals surface area contributed by atoms with Crippen molar-refractivity contribution in [2.24, 2.45) is 0 Å². The van der Waals surface area contributed by atoms with Gasteiger partial charge < -0.3 is 14.4 Å². The molecule has 0 fully saturated rings. The van der Waals surface area contributed by atoms with Gasteiger partial charge in [-0.1, -0.05) is 0 Å². The zero-order valence-corrected chi connectivity index (χ0v) is 18.1. The summed E-state index contributed by atoms with van der Waals surface area (Å²) in [4.78, 5) is 19.6. The molecule has 0 saturated heterocycles. The first-order valence-corrected chi connectivity index (χ1v) is 10.5. The maximum Gasteiger partial charge on any atom is 0.254 e. The van der Waals surface area contributed by atoms with Crippen LogP contribution in [0.3, 0.4) is 0 Å². The molecule has 0 aliphatic rings. The standard InChI is InChI=1S/C21H21BrN2O3S/c1-3-26-20-10-16(21(25)24(2)12-18-11-17(22)14-28-18)4-5-19(20)27-13-15-6-8-23-9-7-15/h4-11,14H,3,12-13H2,1-2H3.